The van der Waals surface area contributed by atoms with Gasteiger partial charge >= 0.3 is 0 Å². The quantitative estimate of drug-likeness (QED) is 0.715. The van der Waals surface area contributed by atoms with Gasteiger partial charge in [0.15, 0.2) is 6.29 Å². The average molecular weight is 218 g/mol. The van der Waals surface area contributed by atoms with E-state index in [0.717, 1.165) is 12.1 Å². The summed E-state index contributed by atoms with van der Waals surface area (Å²) in [6.45, 7) is 6.75. The van der Waals surface area contributed by atoms with Gasteiger partial charge in [-0.3, -0.25) is 4.79 Å². The molecular formula is C13H18N2O. The zero-order valence-corrected chi connectivity index (χ0v) is 10.1. The maximum absolute atomic E-state index is 10.6. The molecule has 16 heavy (non-hydrogen) atoms. The maximum Gasteiger partial charge on any atom is 0.151 e. The van der Waals surface area contributed by atoms with E-state index < -0.39 is 0 Å². The molecule has 0 N–H and O–H groups in total. The van der Waals surface area contributed by atoms with E-state index in [4.69, 9.17) is 0 Å². The van der Waals surface area contributed by atoms with Crippen molar-refractivity contribution in [2.24, 2.45) is 5.92 Å². The molecule has 1 fully saturated rings. The molecule has 1 aliphatic heterocycles. The van der Waals surface area contributed by atoms with E-state index in [1.54, 1.807) is 6.20 Å². The number of hydrogen-bond acceptors (Lipinski definition) is 3. The third-order valence-electron chi connectivity index (χ3n) is 3.62. The first-order valence-electron chi connectivity index (χ1n) is 5.83. The summed E-state index contributed by atoms with van der Waals surface area (Å²) in [5.74, 6) is 1.68. The number of nitrogens with zero attached hydrogens (tertiary/aromatic N) is 2. The van der Waals surface area contributed by atoms with Crippen LogP contribution in [0.5, 0.6) is 0 Å². The highest BCUT2D eigenvalue weighted by molar-refractivity contribution is 5.74. The Morgan fingerprint density at radius 3 is 2.56 bits per heavy atom. The molecule has 0 spiro atoms. The van der Waals surface area contributed by atoms with E-state index in [1.165, 1.54) is 6.42 Å². The summed E-state index contributed by atoms with van der Waals surface area (Å²) in [5.41, 5.74) is 0.635. The molecule has 1 unspecified atom stereocenters. The Kier molecular flexibility index (Phi) is 2.95. The first kappa shape index (κ1) is 11.1. The molecule has 3 nitrogen and oxygen atoms in total. The summed E-state index contributed by atoms with van der Waals surface area (Å²) < 4.78 is 0. The van der Waals surface area contributed by atoms with Crippen LogP contribution < -0.4 is 4.90 Å². The highest BCUT2D eigenvalue weighted by Gasteiger charge is 2.33. The Morgan fingerprint density at radius 1 is 1.38 bits per heavy atom. The van der Waals surface area contributed by atoms with Crippen LogP contribution in [0.1, 0.15) is 37.6 Å². The Morgan fingerprint density at radius 2 is 2.12 bits per heavy atom. The van der Waals surface area contributed by atoms with Gasteiger partial charge in [-0.1, -0.05) is 6.92 Å². The van der Waals surface area contributed by atoms with Gasteiger partial charge in [-0.25, -0.2) is 4.98 Å². The largest absolute Gasteiger partial charge is 0.351 e. The fraction of sp³-hybridized carbons (Fsp3) is 0.538. The molecule has 1 aromatic rings. The Hall–Kier alpha value is -1.38. The van der Waals surface area contributed by atoms with Gasteiger partial charge in [0.05, 0.1) is 0 Å². The van der Waals surface area contributed by atoms with Gasteiger partial charge in [0, 0.05) is 23.8 Å². The molecule has 2 rings (SSSR count). The van der Waals surface area contributed by atoms with E-state index >= 15 is 0 Å². The second-order valence-electron chi connectivity index (χ2n) is 4.78. The zero-order valence-electron chi connectivity index (χ0n) is 10.1. The van der Waals surface area contributed by atoms with Gasteiger partial charge in [0.2, 0.25) is 0 Å². The Balaban J connectivity index is 2.26. The van der Waals surface area contributed by atoms with Crippen molar-refractivity contribution < 1.29 is 4.79 Å². The lowest BCUT2D eigenvalue weighted by atomic mass is 10.0. The van der Waals surface area contributed by atoms with Crippen LogP contribution in [0.25, 0.3) is 0 Å². The summed E-state index contributed by atoms with van der Waals surface area (Å²) in [6.07, 6.45) is 3.68. The number of hydrogen-bond donors (Lipinski definition) is 0. The van der Waals surface area contributed by atoms with Crippen molar-refractivity contribution in [3.05, 3.63) is 23.9 Å². The summed E-state index contributed by atoms with van der Waals surface area (Å²) in [6, 6.07) is 4.82. The molecule has 0 bridgehead atoms. The number of aldehydes is 1. The van der Waals surface area contributed by atoms with Crippen LogP contribution in [0.4, 0.5) is 5.82 Å². The second-order valence-corrected chi connectivity index (χ2v) is 4.78. The Bertz CT molecular complexity index is 374. The smallest absolute Gasteiger partial charge is 0.151 e. The molecule has 2 heterocycles. The fourth-order valence-corrected chi connectivity index (χ4v) is 2.58. The first-order valence-corrected chi connectivity index (χ1v) is 5.83. The van der Waals surface area contributed by atoms with Crippen molar-refractivity contribution in [1.29, 1.82) is 0 Å². The molecule has 1 aliphatic rings. The molecule has 3 heteroatoms. The van der Waals surface area contributed by atoms with Crippen LogP contribution in [0.3, 0.4) is 0 Å². The van der Waals surface area contributed by atoms with Gasteiger partial charge in [-0.2, -0.15) is 0 Å². The number of carbonyl (C=O) groups is 1. The van der Waals surface area contributed by atoms with Crippen LogP contribution in [-0.4, -0.2) is 23.4 Å². The topological polar surface area (TPSA) is 33.2 Å². The predicted octanol–water partition coefficient (Wildman–Crippen LogP) is 2.52. The van der Waals surface area contributed by atoms with Crippen LogP contribution in [0.2, 0.25) is 0 Å². The lowest BCUT2D eigenvalue weighted by Gasteiger charge is -2.28. The number of rotatable bonds is 2. The van der Waals surface area contributed by atoms with Crippen molar-refractivity contribution in [3.63, 3.8) is 0 Å². The van der Waals surface area contributed by atoms with Crippen LogP contribution in [0, 0.1) is 5.92 Å². The van der Waals surface area contributed by atoms with Crippen LogP contribution >= 0.6 is 0 Å². The first-order chi connectivity index (χ1) is 7.63. The van der Waals surface area contributed by atoms with Crippen molar-refractivity contribution in [1.82, 2.24) is 4.98 Å². The number of aromatic nitrogens is 1. The highest BCUT2D eigenvalue weighted by atomic mass is 16.1. The monoisotopic (exact) mass is 218 g/mol. The van der Waals surface area contributed by atoms with Crippen LogP contribution in [0.15, 0.2) is 18.3 Å². The lowest BCUT2D eigenvalue weighted by molar-refractivity contribution is 0.112. The van der Waals surface area contributed by atoms with E-state index in [0.29, 0.717) is 23.6 Å². The van der Waals surface area contributed by atoms with Crippen molar-refractivity contribution >= 4 is 12.1 Å². The third-order valence-corrected chi connectivity index (χ3v) is 3.62. The molecule has 3 atom stereocenters. The van der Waals surface area contributed by atoms with Gasteiger partial charge in [0.1, 0.15) is 5.82 Å². The summed E-state index contributed by atoms with van der Waals surface area (Å²) in [7, 11) is 0. The SMILES string of the molecule is CC1C[C@H](C)N(c2ccc(C=O)cn2)[C@H]1C. The number of carbonyl (C=O) groups excluding carboxylic acids is 1. The highest BCUT2D eigenvalue weighted by Crippen LogP contribution is 2.32. The molecule has 0 radical (unpaired) electrons. The van der Waals surface area contributed by atoms with E-state index in [9.17, 15) is 4.79 Å². The summed E-state index contributed by atoms with van der Waals surface area (Å²) >= 11 is 0. The molecule has 86 valence electrons. The summed E-state index contributed by atoms with van der Waals surface area (Å²) in [5, 5.41) is 0. The maximum atomic E-state index is 10.6. The Labute approximate surface area is 96.5 Å². The minimum atomic E-state index is 0.518. The van der Waals surface area contributed by atoms with Crippen LogP contribution in [-0.2, 0) is 0 Å². The van der Waals surface area contributed by atoms with Crippen molar-refractivity contribution in [2.75, 3.05) is 4.90 Å². The second kappa shape index (κ2) is 4.24. The molecule has 0 saturated carbocycles. The standard InChI is InChI=1S/C13H18N2O/c1-9-6-10(2)15(11(9)3)13-5-4-12(8-16)7-14-13/h4-5,7-11H,6H2,1-3H3/t9?,10-,11-/m0/s1. The lowest BCUT2D eigenvalue weighted by Crippen LogP contribution is -2.34. The summed E-state index contributed by atoms with van der Waals surface area (Å²) in [4.78, 5) is 17.3. The minimum Gasteiger partial charge on any atom is -0.351 e. The van der Waals surface area contributed by atoms with Gasteiger partial charge in [0.25, 0.3) is 0 Å². The number of anilines is 1. The zero-order chi connectivity index (χ0) is 11.7. The molecule has 0 aromatic carbocycles. The predicted molar refractivity (Wildman–Crippen MR) is 64.8 cm³/mol. The molecule has 0 aliphatic carbocycles. The molecular weight excluding hydrogens is 200 g/mol. The fourth-order valence-electron chi connectivity index (χ4n) is 2.58. The molecule has 1 saturated heterocycles. The molecule has 0 amide bonds. The van der Waals surface area contributed by atoms with Crippen molar-refractivity contribution in [3.8, 4) is 0 Å². The van der Waals surface area contributed by atoms with E-state index in [-0.39, 0.29) is 0 Å². The van der Waals surface area contributed by atoms with Crippen molar-refractivity contribution in [2.45, 2.75) is 39.3 Å². The van der Waals surface area contributed by atoms with Gasteiger partial charge in [-0.15, -0.1) is 0 Å². The average Bonchev–Trinajstić information content (AvgIpc) is 2.54. The minimum absolute atomic E-state index is 0.518. The normalized spacial score (nSPS) is 29.4. The number of pyridine rings is 1. The van der Waals surface area contributed by atoms with E-state index in [2.05, 4.69) is 30.7 Å². The van der Waals surface area contributed by atoms with Gasteiger partial charge in [-0.05, 0) is 38.3 Å². The van der Waals surface area contributed by atoms with E-state index in [1.807, 2.05) is 12.1 Å². The van der Waals surface area contributed by atoms with Gasteiger partial charge < -0.3 is 4.90 Å². The molecule has 1 aromatic heterocycles. The third kappa shape index (κ3) is 1.82.